The molecule has 14 aromatic carbocycles. The van der Waals surface area contributed by atoms with Gasteiger partial charge in [-0.2, -0.15) is 18.4 Å². The van der Waals surface area contributed by atoms with E-state index in [1.54, 1.807) is 12.1 Å². The molecule has 458 valence electrons. The standard InChI is InChI=1S/C87H49F3N8/c1-92-70-28-18-27-69(87(88,89)90)85(70)86-83(97-79-41-37-53(93-71-29-10-2-19-57(71)58-20-3-11-30-72(58)93)47-65(79)66-48-54(38-42-80(66)97)94-73-31-12-4-21-59(73)60-22-5-13-32-74(60)94)45-52(51-91)46-84(86)98-81-43-39-55(95-75-33-14-6-23-61(75)62-24-7-15-34-76(62)95)49-67(81)68-50-56(40-44-82(68)98)96-77-35-16-8-25-63(77)64-26-9-17-36-78(64)96/h2-50H. The van der Waals surface area contributed by atoms with E-state index in [0.29, 0.717) is 22.1 Å². The minimum Gasteiger partial charge on any atom is -0.309 e. The Morgan fingerprint density at radius 1 is 0.276 bits per heavy atom. The highest BCUT2D eigenvalue weighted by molar-refractivity contribution is 6.18. The van der Waals surface area contributed by atoms with Crippen LogP contribution in [0.2, 0.25) is 0 Å². The second kappa shape index (κ2) is 20.6. The van der Waals surface area contributed by atoms with Gasteiger partial charge >= 0.3 is 6.18 Å². The second-order valence-corrected chi connectivity index (χ2v) is 25.3. The first-order valence-electron chi connectivity index (χ1n) is 32.5. The van der Waals surface area contributed by atoms with E-state index in [1.165, 1.54) is 12.1 Å². The average Bonchev–Trinajstić information content (AvgIpc) is 1.55. The number of hydrogen-bond donors (Lipinski definition) is 0. The van der Waals surface area contributed by atoms with E-state index >= 15 is 13.2 Å². The molecule has 6 heterocycles. The summed E-state index contributed by atoms with van der Waals surface area (Å²) in [5.74, 6) is 0. The molecule has 20 rings (SSSR count). The van der Waals surface area contributed by atoms with Crippen molar-refractivity contribution >= 4 is 137 Å². The van der Waals surface area contributed by atoms with Gasteiger partial charge in [0.25, 0.3) is 0 Å². The number of nitrogens with zero attached hydrogens (tertiary/aromatic N) is 8. The first kappa shape index (κ1) is 55.1. The highest BCUT2D eigenvalue weighted by atomic mass is 19.4. The molecule has 98 heavy (non-hydrogen) atoms. The molecule has 0 N–H and O–H groups in total. The molecule has 8 nitrogen and oxygen atoms in total. The molecular formula is C87H49F3N8. The number of halogens is 3. The number of nitriles is 1. The average molecular weight is 1260 g/mol. The molecule has 11 heteroatoms. The molecule has 0 aliphatic heterocycles. The summed E-state index contributed by atoms with van der Waals surface area (Å²) in [4.78, 5) is 3.97. The maximum Gasteiger partial charge on any atom is 0.415 e. The third-order valence-electron chi connectivity index (χ3n) is 20.2. The van der Waals surface area contributed by atoms with Gasteiger partial charge in [-0.3, -0.25) is 0 Å². The summed E-state index contributed by atoms with van der Waals surface area (Å²) < 4.78 is 62.9. The molecule has 0 aliphatic carbocycles. The molecule has 0 aliphatic rings. The Morgan fingerprint density at radius 2 is 0.531 bits per heavy atom. The van der Waals surface area contributed by atoms with Crippen LogP contribution in [0.1, 0.15) is 11.1 Å². The second-order valence-electron chi connectivity index (χ2n) is 25.3. The Morgan fingerprint density at radius 3 is 0.776 bits per heavy atom. The Hall–Kier alpha value is -13.4. The topological polar surface area (TPSA) is 57.7 Å². The number of para-hydroxylation sites is 8. The van der Waals surface area contributed by atoms with Crippen molar-refractivity contribution in [2.75, 3.05) is 0 Å². The Kier molecular flexibility index (Phi) is 11.6. The van der Waals surface area contributed by atoms with E-state index in [0.717, 1.165) is 138 Å². The summed E-state index contributed by atoms with van der Waals surface area (Å²) in [6.45, 7) is 8.84. The normalized spacial score (nSPS) is 12.2. The summed E-state index contributed by atoms with van der Waals surface area (Å²) in [6, 6.07) is 102. The monoisotopic (exact) mass is 1260 g/mol. The first-order valence-corrected chi connectivity index (χ1v) is 32.5. The fraction of sp³-hybridized carbons (Fsp3) is 0.0115. The zero-order valence-electron chi connectivity index (χ0n) is 52.0. The molecule has 0 saturated carbocycles. The van der Waals surface area contributed by atoms with Crippen LogP contribution in [0.15, 0.2) is 297 Å². The lowest BCUT2D eigenvalue weighted by Crippen LogP contribution is -2.11. The zero-order chi connectivity index (χ0) is 65.2. The highest BCUT2D eigenvalue weighted by Crippen LogP contribution is 2.51. The number of fused-ring (bicyclic) bond motifs is 18. The fourth-order valence-corrected chi connectivity index (χ4v) is 16.3. The summed E-state index contributed by atoms with van der Waals surface area (Å²) in [5.41, 5.74) is 13.8. The summed E-state index contributed by atoms with van der Waals surface area (Å²) in [6.07, 6.45) is -4.94. The summed E-state index contributed by atoms with van der Waals surface area (Å²) >= 11 is 0. The van der Waals surface area contributed by atoms with Gasteiger partial charge in [0.2, 0.25) is 0 Å². The van der Waals surface area contributed by atoms with Crippen LogP contribution in [-0.4, -0.2) is 27.4 Å². The summed E-state index contributed by atoms with van der Waals surface area (Å²) in [7, 11) is 0. The van der Waals surface area contributed by atoms with E-state index in [-0.39, 0.29) is 33.8 Å². The van der Waals surface area contributed by atoms with Crippen LogP contribution in [0.25, 0.3) is 181 Å². The van der Waals surface area contributed by atoms with Gasteiger partial charge < -0.3 is 27.4 Å². The first-order chi connectivity index (χ1) is 48.2. The van der Waals surface area contributed by atoms with Crippen LogP contribution in [0.3, 0.4) is 0 Å². The molecule has 0 atom stereocenters. The Labute approximate surface area is 556 Å². The third-order valence-corrected chi connectivity index (χ3v) is 20.2. The van der Waals surface area contributed by atoms with Crippen molar-refractivity contribution in [2.24, 2.45) is 0 Å². The van der Waals surface area contributed by atoms with E-state index in [9.17, 15) is 5.26 Å². The van der Waals surface area contributed by atoms with E-state index < -0.39 is 11.7 Å². The highest BCUT2D eigenvalue weighted by Gasteiger charge is 2.37. The van der Waals surface area contributed by atoms with Crippen LogP contribution in [0.4, 0.5) is 18.9 Å². The summed E-state index contributed by atoms with van der Waals surface area (Å²) in [5, 5.41) is 23.7. The van der Waals surface area contributed by atoms with Crippen LogP contribution >= 0.6 is 0 Å². The number of hydrogen-bond acceptors (Lipinski definition) is 1. The van der Waals surface area contributed by atoms with Gasteiger partial charge in [0, 0.05) is 98.5 Å². The van der Waals surface area contributed by atoms with Gasteiger partial charge in [0.15, 0.2) is 5.69 Å². The van der Waals surface area contributed by atoms with Gasteiger partial charge in [0.05, 0.1) is 101 Å². The van der Waals surface area contributed by atoms with Crippen LogP contribution in [0, 0.1) is 17.9 Å². The van der Waals surface area contributed by atoms with Gasteiger partial charge in [-0.15, -0.1) is 0 Å². The molecular weight excluding hydrogens is 1210 g/mol. The third kappa shape index (κ3) is 7.75. The van der Waals surface area contributed by atoms with Gasteiger partial charge in [0.1, 0.15) is 0 Å². The SMILES string of the molecule is [C-]#[N+]c1cccc(C(F)(F)F)c1-c1c(-n2c3ccc(-n4c5ccccc5c5ccccc54)cc3c3cc(-n4c5ccccc5c5ccccc54)ccc32)cc(C#N)cc1-n1c2ccc(-n3c4ccccc4c4ccccc43)cc2c2cc(-n3c4ccccc4c4ccccc43)ccc21. The van der Waals surface area contributed by atoms with Crippen molar-refractivity contribution in [3.05, 3.63) is 320 Å². The number of alkyl halides is 3. The van der Waals surface area contributed by atoms with Crippen molar-refractivity contribution in [1.29, 1.82) is 5.26 Å². The Balaban J connectivity index is 0.931. The molecule has 20 aromatic rings. The van der Waals surface area contributed by atoms with Crippen molar-refractivity contribution in [3.63, 3.8) is 0 Å². The quantitative estimate of drug-likeness (QED) is 0.147. The van der Waals surface area contributed by atoms with Gasteiger partial charge in [-0.05, 0) is 133 Å². The predicted molar refractivity (Wildman–Crippen MR) is 394 cm³/mol. The molecule has 0 bridgehead atoms. The zero-order valence-corrected chi connectivity index (χ0v) is 52.0. The molecule has 6 aromatic heterocycles. The van der Waals surface area contributed by atoms with Gasteiger partial charge in [-0.25, -0.2) is 4.85 Å². The fourth-order valence-electron chi connectivity index (χ4n) is 16.3. The predicted octanol–water partition coefficient (Wildman–Crippen LogP) is 23.4. The smallest absolute Gasteiger partial charge is 0.309 e. The lowest BCUT2D eigenvalue weighted by molar-refractivity contribution is -0.137. The van der Waals surface area contributed by atoms with Gasteiger partial charge in [-0.1, -0.05) is 164 Å². The minimum absolute atomic E-state index is 0.122. The minimum atomic E-state index is -4.94. The lowest BCUT2D eigenvalue weighted by atomic mass is 9.92. The maximum absolute atomic E-state index is 16.6. The van der Waals surface area contributed by atoms with Crippen molar-refractivity contribution in [1.82, 2.24) is 27.4 Å². The maximum atomic E-state index is 16.6. The molecule has 0 amide bonds. The van der Waals surface area contributed by atoms with E-state index in [2.05, 4.69) is 248 Å². The van der Waals surface area contributed by atoms with Crippen LogP contribution in [-0.2, 0) is 6.18 Å². The van der Waals surface area contributed by atoms with Crippen molar-refractivity contribution in [2.45, 2.75) is 6.18 Å². The number of benzene rings is 14. The lowest BCUT2D eigenvalue weighted by Gasteiger charge is -2.24. The van der Waals surface area contributed by atoms with E-state index in [1.807, 2.05) is 57.7 Å². The number of aromatic nitrogens is 6. The van der Waals surface area contributed by atoms with E-state index in [4.69, 9.17) is 6.57 Å². The largest absolute Gasteiger partial charge is 0.415 e. The Bertz CT molecular complexity index is 6040. The molecule has 0 unspecified atom stereocenters. The van der Waals surface area contributed by atoms with Crippen LogP contribution < -0.4 is 0 Å². The van der Waals surface area contributed by atoms with Crippen molar-refractivity contribution in [3.8, 4) is 51.3 Å². The molecule has 0 saturated heterocycles. The molecule has 0 fully saturated rings. The van der Waals surface area contributed by atoms with Crippen molar-refractivity contribution < 1.29 is 13.2 Å². The number of rotatable bonds is 7. The molecule has 0 radical (unpaired) electrons. The van der Waals surface area contributed by atoms with Crippen LogP contribution in [0.5, 0.6) is 0 Å². The molecule has 0 spiro atoms.